The zero-order chi connectivity index (χ0) is 10.7. The molecule has 0 fully saturated rings. The van der Waals surface area contributed by atoms with E-state index >= 15 is 0 Å². The number of hydrogen-bond donors (Lipinski definition) is 2. The van der Waals surface area contributed by atoms with E-state index in [9.17, 15) is 0 Å². The highest BCUT2D eigenvalue weighted by Gasteiger charge is 2.00. The number of nitrogens with one attached hydrogen (secondary N) is 2. The van der Waals surface area contributed by atoms with Crippen molar-refractivity contribution in [2.45, 2.75) is 20.3 Å². The van der Waals surface area contributed by atoms with Gasteiger partial charge < -0.3 is 5.32 Å². The maximum atomic E-state index is 4.13. The van der Waals surface area contributed by atoms with Crippen molar-refractivity contribution in [2.75, 3.05) is 5.32 Å². The normalized spacial score (nSPS) is 10.3. The number of aromatic amines is 1. The molecule has 0 aliphatic heterocycles. The van der Waals surface area contributed by atoms with Crippen LogP contribution in [-0.4, -0.2) is 20.2 Å². The van der Waals surface area contributed by atoms with Crippen LogP contribution in [0, 0.1) is 6.92 Å². The van der Waals surface area contributed by atoms with E-state index in [1.165, 1.54) is 0 Å². The Bertz CT molecular complexity index is 449. The quantitative estimate of drug-likeness (QED) is 0.798. The average molecular weight is 203 g/mol. The van der Waals surface area contributed by atoms with Crippen molar-refractivity contribution in [3.8, 4) is 0 Å². The molecule has 2 heterocycles. The van der Waals surface area contributed by atoms with Gasteiger partial charge in [0.25, 0.3) is 0 Å². The maximum Gasteiger partial charge on any atom is 0.153 e. The van der Waals surface area contributed by atoms with Gasteiger partial charge in [-0.2, -0.15) is 5.10 Å². The molecule has 0 radical (unpaired) electrons. The van der Waals surface area contributed by atoms with Crippen LogP contribution in [0.5, 0.6) is 0 Å². The fourth-order valence-electron chi connectivity index (χ4n) is 1.27. The summed E-state index contributed by atoms with van der Waals surface area (Å²) in [5.41, 5.74) is 2.03. The van der Waals surface area contributed by atoms with Gasteiger partial charge in [0.2, 0.25) is 0 Å². The minimum atomic E-state index is 0.772. The van der Waals surface area contributed by atoms with Gasteiger partial charge in [-0.3, -0.25) is 5.10 Å². The Morgan fingerprint density at radius 2 is 2.13 bits per heavy atom. The highest BCUT2D eigenvalue weighted by atomic mass is 15.2. The molecule has 0 saturated carbocycles. The highest BCUT2D eigenvalue weighted by molar-refractivity contribution is 5.51. The van der Waals surface area contributed by atoms with Crippen LogP contribution in [0.2, 0.25) is 0 Å². The van der Waals surface area contributed by atoms with Gasteiger partial charge in [0.05, 0.1) is 0 Å². The predicted octanol–water partition coefficient (Wildman–Crippen LogP) is 1.81. The molecule has 0 aliphatic rings. The molecule has 2 N–H and O–H groups in total. The number of aryl methyl sites for hydroxylation is 2. The van der Waals surface area contributed by atoms with Gasteiger partial charge in [-0.25, -0.2) is 9.97 Å². The Morgan fingerprint density at radius 3 is 2.80 bits per heavy atom. The highest BCUT2D eigenvalue weighted by Crippen LogP contribution is 2.12. The van der Waals surface area contributed by atoms with Gasteiger partial charge in [0.1, 0.15) is 12.1 Å². The fourth-order valence-corrected chi connectivity index (χ4v) is 1.27. The van der Waals surface area contributed by atoms with Crippen LogP contribution in [0.15, 0.2) is 18.5 Å². The van der Waals surface area contributed by atoms with E-state index in [1.807, 2.05) is 19.1 Å². The van der Waals surface area contributed by atoms with E-state index in [4.69, 9.17) is 0 Å². The van der Waals surface area contributed by atoms with E-state index in [-0.39, 0.29) is 0 Å². The smallest absolute Gasteiger partial charge is 0.153 e. The van der Waals surface area contributed by atoms with Gasteiger partial charge >= 0.3 is 0 Å². The first-order valence-corrected chi connectivity index (χ1v) is 4.88. The van der Waals surface area contributed by atoms with Crippen LogP contribution < -0.4 is 5.32 Å². The molecule has 5 heteroatoms. The molecule has 2 aromatic heterocycles. The van der Waals surface area contributed by atoms with Gasteiger partial charge in [0, 0.05) is 23.5 Å². The van der Waals surface area contributed by atoms with Crippen LogP contribution in [0.25, 0.3) is 0 Å². The molecule has 0 bridgehead atoms. The molecule has 0 aromatic carbocycles. The van der Waals surface area contributed by atoms with Crippen molar-refractivity contribution in [1.29, 1.82) is 0 Å². The van der Waals surface area contributed by atoms with Gasteiger partial charge in [-0.15, -0.1) is 0 Å². The van der Waals surface area contributed by atoms with Crippen molar-refractivity contribution in [3.05, 3.63) is 29.8 Å². The Balaban J connectivity index is 2.16. The van der Waals surface area contributed by atoms with Crippen molar-refractivity contribution in [2.24, 2.45) is 0 Å². The predicted molar refractivity (Wildman–Crippen MR) is 58.0 cm³/mol. The Kier molecular flexibility index (Phi) is 2.62. The van der Waals surface area contributed by atoms with Crippen LogP contribution in [0.4, 0.5) is 11.6 Å². The summed E-state index contributed by atoms with van der Waals surface area (Å²) in [6.07, 6.45) is 2.46. The first-order chi connectivity index (χ1) is 7.28. The summed E-state index contributed by atoms with van der Waals surface area (Å²) >= 11 is 0. The van der Waals surface area contributed by atoms with Crippen molar-refractivity contribution < 1.29 is 0 Å². The maximum absolute atomic E-state index is 4.13. The molecule has 15 heavy (non-hydrogen) atoms. The van der Waals surface area contributed by atoms with E-state index in [2.05, 4.69) is 32.4 Å². The van der Waals surface area contributed by atoms with E-state index in [1.54, 1.807) is 6.33 Å². The third kappa shape index (κ3) is 2.31. The molecule has 0 amide bonds. The number of aromatic nitrogens is 4. The average Bonchev–Trinajstić information content (AvgIpc) is 2.64. The van der Waals surface area contributed by atoms with Crippen molar-refractivity contribution in [3.63, 3.8) is 0 Å². The summed E-state index contributed by atoms with van der Waals surface area (Å²) < 4.78 is 0. The second kappa shape index (κ2) is 4.08. The largest absolute Gasteiger partial charge is 0.323 e. The molecule has 0 aliphatic carbocycles. The van der Waals surface area contributed by atoms with E-state index in [0.29, 0.717) is 0 Å². The Labute approximate surface area is 88.0 Å². The number of rotatable bonds is 3. The van der Waals surface area contributed by atoms with Crippen molar-refractivity contribution >= 4 is 11.6 Å². The van der Waals surface area contributed by atoms with Crippen LogP contribution in [-0.2, 0) is 6.42 Å². The standard InChI is InChI=1S/C10H13N5/c1-3-8-5-9(12-6-11-8)13-10-4-7(2)14-15-10/h4-6H,3H2,1-2H3,(H2,11,12,13,14,15). The molecular formula is C10H13N5. The summed E-state index contributed by atoms with van der Waals surface area (Å²) in [7, 11) is 0. The summed E-state index contributed by atoms with van der Waals surface area (Å²) in [6.45, 7) is 4.01. The zero-order valence-corrected chi connectivity index (χ0v) is 8.78. The molecule has 0 spiro atoms. The summed E-state index contributed by atoms with van der Waals surface area (Å²) in [5, 5.41) is 10.0. The molecular weight excluding hydrogens is 190 g/mol. The second-order valence-corrected chi connectivity index (χ2v) is 3.31. The van der Waals surface area contributed by atoms with Gasteiger partial charge in [-0.1, -0.05) is 6.92 Å². The van der Waals surface area contributed by atoms with Crippen LogP contribution >= 0.6 is 0 Å². The monoisotopic (exact) mass is 203 g/mol. The van der Waals surface area contributed by atoms with Crippen molar-refractivity contribution in [1.82, 2.24) is 20.2 Å². The summed E-state index contributed by atoms with van der Waals surface area (Å²) in [5.74, 6) is 1.54. The molecule has 2 aromatic rings. The summed E-state index contributed by atoms with van der Waals surface area (Å²) in [6, 6.07) is 3.84. The third-order valence-corrected chi connectivity index (χ3v) is 2.05. The molecule has 2 rings (SSSR count). The lowest BCUT2D eigenvalue weighted by Gasteiger charge is -2.02. The Hall–Kier alpha value is -1.91. The first kappa shape index (κ1) is 9.64. The molecule has 78 valence electrons. The molecule has 0 unspecified atom stereocenters. The van der Waals surface area contributed by atoms with Crippen LogP contribution in [0.3, 0.4) is 0 Å². The lowest BCUT2D eigenvalue weighted by Crippen LogP contribution is -1.96. The van der Waals surface area contributed by atoms with Gasteiger partial charge in [-0.05, 0) is 13.3 Å². The minimum Gasteiger partial charge on any atom is -0.323 e. The topological polar surface area (TPSA) is 66.5 Å². The number of hydrogen-bond acceptors (Lipinski definition) is 4. The molecule has 5 nitrogen and oxygen atoms in total. The molecule has 0 saturated heterocycles. The number of H-pyrrole nitrogens is 1. The molecule has 0 atom stereocenters. The minimum absolute atomic E-state index is 0.772. The second-order valence-electron chi connectivity index (χ2n) is 3.31. The SMILES string of the molecule is CCc1cc(Nc2cc(C)[nH]n2)ncn1. The first-order valence-electron chi connectivity index (χ1n) is 4.88. The lowest BCUT2D eigenvalue weighted by molar-refractivity contribution is 0.997. The van der Waals surface area contributed by atoms with E-state index < -0.39 is 0 Å². The van der Waals surface area contributed by atoms with E-state index in [0.717, 1.165) is 29.4 Å². The zero-order valence-electron chi connectivity index (χ0n) is 8.78. The van der Waals surface area contributed by atoms with Gasteiger partial charge in [0.15, 0.2) is 5.82 Å². The van der Waals surface area contributed by atoms with Crippen LogP contribution in [0.1, 0.15) is 18.3 Å². The number of anilines is 2. The third-order valence-electron chi connectivity index (χ3n) is 2.05. The fraction of sp³-hybridized carbons (Fsp3) is 0.300. The number of nitrogens with zero attached hydrogens (tertiary/aromatic N) is 3. The summed E-state index contributed by atoms with van der Waals surface area (Å²) in [4.78, 5) is 8.24. The lowest BCUT2D eigenvalue weighted by atomic mass is 10.3. The Morgan fingerprint density at radius 1 is 1.27 bits per heavy atom.